The number of nitrogens with one attached hydrogen (secondary N) is 1. The van der Waals surface area contributed by atoms with E-state index < -0.39 is 0 Å². The highest BCUT2D eigenvalue weighted by Gasteiger charge is 2.03. The lowest BCUT2D eigenvalue weighted by atomic mass is 10.1. The van der Waals surface area contributed by atoms with E-state index in [1.165, 1.54) is 0 Å². The summed E-state index contributed by atoms with van der Waals surface area (Å²) in [5.41, 5.74) is 4.07. The van der Waals surface area contributed by atoms with Crippen LogP contribution in [0.4, 0.5) is 0 Å². The second kappa shape index (κ2) is 6.80. The van der Waals surface area contributed by atoms with Gasteiger partial charge in [0.1, 0.15) is 0 Å². The first kappa shape index (κ1) is 12.5. The summed E-state index contributed by atoms with van der Waals surface area (Å²) < 4.78 is 4.86. The Bertz CT molecular complexity index is 276. The van der Waals surface area contributed by atoms with Crippen molar-refractivity contribution in [2.75, 3.05) is 20.3 Å². The zero-order chi connectivity index (χ0) is 11.1. The molecule has 0 saturated carbocycles. The van der Waals surface area contributed by atoms with E-state index in [0.29, 0.717) is 13.2 Å². The normalized spacial score (nSPS) is 12.7. The third-order valence-electron chi connectivity index (χ3n) is 2.02. The lowest BCUT2D eigenvalue weighted by molar-refractivity contribution is -0.00924. The fourth-order valence-corrected chi connectivity index (χ4v) is 1.25. The second-order valence-electron chi connectivity index (χ2n) is 3.23. The number of benzene rings is 1. The SMILES string of the molecule is COCCONC(C)c1ccc(Cl)cc1. The molecule has 1 N–H and O–H groups in total. The highest BCUT2D eigenvalue weighted by Crippen LogP contribution is 2.15. The standard InChI is InChI=1S/C11H16ClNO2/c1-9(13-15-8-7-14-2)10-3-5-11(12)6-4-10/h3-6,9,13H,7-8H2,1-2H3. The molecule has 1 unspecified atom stereocenters. The van der Waals surface area contributed by atoms with Gasteiger partial charge >= 0.3 is 0 Å². The molecule has 1 aromatic carbocycles. The number of hydrogen-bond donors (Lipinski definition) is 1. The van der Waals surface area contributed by atoms with Gasteiger partial charge in [0, 0.05) is 12.1 Å². The number of halogens is 1. The van der Waals surface area contributed by atoms with E-state index in [-0.39, 0.29) is 6.04 Å². The number of ether oxygens (including phenoxy) is 1. The Morgan fingerprint density at radius 3 is 2.53 bits per heavy atom. The number of hydroxylamine groups is 1. The highest BCUT2D eigenvalue weighted by atomic mass is 35.5. The fourth-order valence-electron chi connectivity index (χ4n) is 1.13. The topological polar surface area (TPSA) is 30.5 Å². The van der Waals surface area contributed by atoms with E-state index in [1.807, 2.05) is 31.2 Å². The van der Waals surface area contributed by atoms with Crippen LogP contribution in [0.25, 0.3) is 0 Å². The summed E-state index contributed by atoms with van der Waals surface area (Å²) in [6.45, 7) is 3.14. The van der Waals surface area contributed by atoms with Gasteiger partial charge in [-0.15, -0.1) is 0 Å². The molecule has 0 aliphatic carbocycles. The first-order valence-electron chi connectivity index (χ1n) is 4.85. The molecule has 0 fully saturated rings. The molecule has 1 atom stereocenters. The lowest BCUT2D eigenvalue weighted by Crippen LogP contribution is -2.21. The van der Waals surface area contributed by atoms with Crippen molar-refractivity contribution in [1.82, 2.24) is 5.48 Å². The van der Waals surface area contributed by atoms with E-state index >= 15 is 0 Å². The van der Waals surface area contributed by atoms with Crippen LogP contribution in [0.3, 0.4) is 0 Å². The van der Waals surface area contributed by atoms with Gasteiger partial charge in [0.25, 0.3) is 0 Å². The van der Waals surface area contributed by atoms with E-state index in [9.17, 15) is 0 Å². The van der Waals surface area contributed by atoms with Gasteiger partial charge in [-0.2, -0.15) is 5.48 Å². The smallest absolute Gasteiger partial charge is 0.0916 e. The molecule has 1 aromatic rings. The molecule has 0 aliphatic rings. The van der Waals surface area contributed by atoms with Gasteiger partial charge in [-0.05, 0) is 24.6 Å². The van der Waals surface area contributed by atoms with E-state index in [1.54, 1.807) is 7.11 Å². The molecular weight excluding hydrogens is 214 g/mol. The molecule has 15 heavy (non-hydrogen) atoms. The Hall–Kier alpha value is -0.610. The molecule has 3 nitrogen and oxygen atoms in total. The van der Waals surface area contributed by atoms with Crippen LogP contribution < -0.4 is 5.48 Å². The van der Waals surface area contributed by atoms with Crippen molar-refractivity contribution in [3.8, 4) is 0 Å². The number of methoxy groups -OCH3 is 1. The summed E-state index contributed by atoms with van der Waals surface area (Å²) in [5, 5.41) is 0.742. The van der Waals surface area contributed by atoms with Crippen molar-refractivity contribution >= 4 is 11.6 Å². The maximum Gasteiger partial charge on any atom is 0.0916 e. The Labute approximate surface area is 95.3 Å². The van der Waals surface area contributed by atoms with E-state index in [4.69, 9.17) is 21.2 Å². The summed E-state index contributed by atoms with van der Waals surface area (Å²) in [6, 6.07) is 7.81. The van der Waals surface area contributed by atoms with E-state index in [2.05, 4.69) is 5.48 Å². The first-order valence-corrected chi connectivity index (χ1v) is 5.23. The molecule has 0 bridgehead atoms. The minimum absolute atomic E-state index is 0.138. The van der Waals surface area contributed by atoms with Gasteiger partial charge in [0.15, 0.2) is 0 Å². The van der Waals surface area contributed by atoms with Crippen LogP contribution in [0.15, 0.2) is 24.3 Å². The van der Waals surface area contributed by atoms with Crippen LogP contribution in [-0.2, 0) is 9.57 Å². The van der Waals surface area contributed by atoms with Gasteiger partial charge < -0.3 is 4.74 Å². The summed E-state index contributed by atoms with van der Waals surface area (Å²) in [6.07, 6.45) is 0. The maximum absolute atomic E-state index is 5.79. The van der Waals surface area contributed by atoms with Crippen molar-refractivity contribution in [3.05, 3.63) is 34.9 Å². The number of hydrogen-bond acceptors (Lipinski definition) is 3. The monoisotopic (exact) mass is 229 g/mol. The molecule has 0 aliphatic heterocycles. The van der Waals surface area contributed by atoms with Crippen molar-refractivity contribution in [2.24, 2.45) is 0 Å². The zero-order valence-electron chi connectivity index (χ0n) is 9.00. The molecule has 0 spiro atoms. The fraction of sp³-hybridized carbons (Fsp3) is 0.455. The van der Waals surface area contributed by atoms with Crippen LogP contribution in [0, 0.1) is 0 Å². The summed E-state index contributed by atoms with van der Waals surface area (Å²) in [5.74, 6) is 0. The van der Waals surface area contributed by atoms with Crippen LogP contribution in [-0.4, -0.2) is 20.3 Å². The number of rotatable bonds is 6. The van der Waals surface area contributed by atoms with Crippen LogP contribution in [0.1, 0.15) is 18.5 Å². The second-order valence-corrected chi connectivity index (χ2v) is 3.67. The summed E-state index contributed by atoms with van der Waals surface area (Å²) in [4.78, 5) is 5.21. The van der Waals surface area contributed by atoms with Gasteiger partial charge in [0.2, 0.25) is 0 Å². The molecule has 1 rings (SSSR count). The Morgan fingerprint density at radius 2 is 1.93 bits per heavy atom. The largest absolute Gasteiger partial charge is 0.382 e. The van der Waals surface area contributed by atoms with Crippen molar-refractivity contribution in [1.29, 1.82) is 0 Å². The Morgan fingerprint density at radius 1 is 1.27 bits per heavy atom. The van der Waals surface area contributed by atoms with Gasteiger partial charge in [-0.25, -0.2) is 0 Å². The average Bonchev–Trinajstić information content (AvgIpc) is 2.25. The molecule has 0 saturated heterocycles. The molecule has 0 heterocycles. The van der Waals surface area contributed by atoms with Crippen molar-refractivity contribution < 1.29 is 9.57 Å². The quantitative estimate of drug-likeness (QED) is 0.601. The van der Waals surface area contributed by atoms with Gasteiger partial charge in [-0.3, -0.25) is 4.84 Å². The summed E-state index contributed by atoms with van der Waals surface area (Å²) >= 11 is 5.79. The minimum Gasteiger partial charge on any atom is -0.382 e. The average molecular weight is 230 g/mol. The molecule has 0 aromatic heterocycles. The predicted molar refractivity (Wildman–Crippen MR) is 60.8 cm³/mol. The molecular formula is C11H16ClNO2. The van der Waals surface area contributed by atoms with Crippen LogP contribution in [0.2, 0.25) is 5.02 Å². The molecule has 0 radical (unpaired) electrons. The van der Waals surface area contributed by atoms with E-state index in [0.717, 1.165) is 10.6 Å². The Balaban J connectivity index is 2.33. The lowest BCUT2D eigenvalue weighted by Gasteiger charge is -2.13. The summed E-state index contributed by atoms with van der Waals surface area (Å²) in [7, 11) is 1.64. The maximum atomic E-state index is 5.79. The molecule has 0 amide bonds. The zero-order valence-corrected chi connectivity index (χ0v) is 9.75. The highest BCUT2D eigenvalue weighted by molar-refractivity contribution is 6.30. The Kier molecular flexibility index (Phi) is 5.65. The molecule has 84 valence electrons. The van der Waals surface area contributed by atoms with Gasteiger partial charge in [-0.1, -0.05) is 23.7 Å². The molecule has 4 heteroatoms. The van der Waals surface area contributed by atoms with Crippen molar-refractivity contribution in [2.45, 2.75) is 13.0 Å². The van der Waals surface area contributed by atoms with Crippen molar-refractivity contribution in [3.63, 3.8) is 0 Å². The predicted octanol–water partition coefficient (Wildman–Crippen LogP) is 2.57. The third kappa shape index (κ3) is 4.62. The van der Waals surface area contributed by atoms with Crippen LogP contribution >= 0.6 is 11.6 Å². The minimum atomic E-state index is 0.138. The first-order chi connectivity index (χ1) is 7.24. The van der Waals surface area contributed by atoms with Gasteiger partial charge in [0.05, 0.1) is 19.3 Å². The third-order valence-corrected chi connectivity index (χ3v) is 2.27. The van der Waals surface area contributed by atoms with Crippen LogP contribution in [0.5, 0.6) is 0 Å².